The van der Waals surface area contributed by atoms with Crippen LogP contribution in [0.2, 0.25) is 5.02 Å². The summed E-state index contributed by atoms with van der Waals surface area (Å²) in [6.07, 6.45) is 0. The molecule has 2 atom stereocenters. The van der Waals surface area contributed by atoms with E-state index in [4.69, 9.17) is 17.3 Å². The minimum absolute atomic E-state index is 0.373. The van der Waals surface area contributed by atoms with Crippen molar-refractivity contribution in [3.8, 4) is 0 Å². The van der Waals surface area contributed by atoms with Gasteiger partial charge in [-0.2, -0.15) is 0 Å². The zero-order chi connectivity index (χ0) is 10.1. The molecule has 0 spiro atoms. The topological polar surface area (TPSA) is 38.0 Å². The first kappa shape index (κ1) is 10.1. The minimum atomic E-state index is 0.373. The fourth-order valence-corrected chi connectivity index (χ4v) is 3.00. The predicted molar refractivity (Wildman–Crippen MR) is 63.2 cm³/mol. The van der Waals surface area contributed by atoms with Crippen LogP contribution in [0.3, 0.4) is 0 Å². The Bertz CT molecular complexity index is 343. The highest BCUT2D eigenvalue weighted by Gasteiger charge is 2.25. The van der Waals surface area contributed by atoms with Crippen molar-refractivity contribution in [3.05, 3.63) is 23.2 Å². The molecule has 76 valence electrons. The van der Waals surface area contributed by atoms with Gasteiger partial charge in [-0.15, -0.1) is 11.8 Å². The second-order valence-electron chi connectivity index (χ2n) is 3.44. The lowest BCUT2D eigenvalue weighted by Crippen LogP contribution is -2.37. The van der Waals surface area contributed by atoms with Gasteiger partial charge in [-0.3, -0.25) is 0 Å². The van der Waals surface area contributed by atoms with Gasteiger partial charge in [0.1, 0.15) is 0 Å². The van der Waals surface area contributed by atoms with Gasteiger partial charge < -0.3 is 11.1 Å². The van der Waals surface area contributed by atoms with Crippen molar-refractivity contribution in [2.24, 2.45) is 5.73 Å². The largest absolute Gasteiger partial charge is 0.379 e. The molecule has 3 N–H and O–H groups in total. The van der Waals surface area contributed by atoms with Crippen LogP contribution in [0, 0.1) is 0 Å². The van der Waals surface area contributed by atoms with Crippen molar-refractivity contribution in [2.45, 2.75) is 23.1 Å². The second-order valence-corrected chi connectivity index (χ2v) is 5.13. The molecule has 0 saturated carbocycles. The summed E-state index contributed by atoms with van der Waals surface area (Å²) in [6, 6.07) is 6.33. The average Bonchev–Trinajstić information content (AvgIpc) is 2.19. The summed E-state index contributed by atoms with van der Waals surface area (Å²) in [7, 11) is 0. The van der Waals surface area contributed by atoms with Gasteiger partial charge in [0.2, 0.25) is 0 Å². The van der Waals surface area contributed by atoms with Gasteiger partial charge in [0, 0.05) is 22.7 Å². The highest BCUT2D eigenvalue weighted by molar-refractivity contribution is 8.00. The number of rotatable bonds is 1. The number of benzene rings is 1. The number of nitrogens with one attached hydrogen (secondary N) is 1. The van der Waals surface area contributed by atoms with E-state index in [1.807, 2.05) is 23.9 Å². The maximum absolute atomic E-state index is 6.09. The van der Waals surface area contributed by atoms with Crippen LogP contribution in [-0.2, 0) is 0 Å². The summed E-state index contributed by atoms with van der Waals surface area (Å²) in [5.41, 5.74) is 6.75. The zero-order valence-corrected chi connectivity index (χ0v) is 9.53. The van der Waals surface area contributed by atoms with Crippen LogP contribution in [0.5, 0.6) is 0 Å². The molecule has 0 fully saturated rings. The molecule has 0 radical (unpaired) electrons. The van der Waals surface area contributed by atoms with Crippen molar-refractivity contribution >= 4 is 29.1 Å². The second kappa shape index (κ2) is 4.01. The molecule has 2 rings (SSSR count). The third-order valence-electron chi connectivity index (χ3n) is 2.42. The molecule has 1 aliphatic heterocycles. The number of thioether (sulfide) groups is 1. The van der Waals surface area contributed by atoms with Crippen LogP contribution >= 0.6 is 23.4 Å². The summed E-state index contributed by atoms with van der Waals surface area (Å²) in [5, 5.41) is 4.62. The molecule has 0 aliphatic carbocycles. The monoisotopic (exact) mass is 228 g/mol. The normalized spacial score (nSPS) is 25.4. The van der Waals surface area contributed by atoms with Crippen LogP contribution in [0.4, 0.5) is 5.69 Å². The Kier molecular flexibility index (Phi) is 2.91. The molecule has 14 heavy (non-hydrogen) atoms. The van der Waals surface area contributed by atoms with E-state index in [0.29, 0.717) is 17.8 Å². The minimum Gasteiger partial charge on any atom is -0.379 e. The standard InChI is InChI=1S/C10H13ClN2S/c1-6-9(5-12)14-8-4-2-3-7(11)10(8)13-6/h2-4,6,9,13H,5,12H2,1H3. The van der Waals surface area contributed by atoms with Crippen LogP contribution < -0.4 is 11.1 Å². The molecular formula is C10H13ClN2S. The lowest BCUT2D eigenvalue weighted by molar-refractivity contribution is 0.723. The molecule has 0 aromatic heterocycles. The highest BCUT2D eigenvalue weighted by Crippen LogP contribution is 2.40. The van der Waals surface area contributed by atoms with Crippen LogP contribution in [0.25, 0.3) is 0 Å². The predicted octanol–water partition coefficient (Wildman–Crippen LogP) is 2.57. The highest BCUT2D eigenvalue weighted by atomic mass is 35.5. The summed E-state index contributed by atoms with van der Waals surface area (Å²) in [4.78, 5) is 1.20. The molecular weight excluding hydrogens is 216 g/mol. The summed E-state index contributed by atoms with van der Waals surface area (Å²) >= 11 is 7.90. The number of halogens is 1. The van der Waals surface area contributed by atoms with Crippen molar-refractivity contribution in [1.29, 1.82) is 0 Å². The molecule has 1 aliphatic rings. The van der Waals surface area contributed by atoms with Crippen molar-refractivity contribution < 1.29 is 0 Å². The molecule has 1 aromatic rings. The Hall–Kier alpha value is -0.380. The van der Waals surface area contributed by atoms with Gasteiger partial charge >= 0.3 is 0 Å². The number of anilines is 1. The number of nitrogens with two attached hydrogens (primary N) is 1. The molecule has 2 nitrogen and oxygen atoms in total. The number of hydrogen-bond acceptors (Lipinski definition) is 3. The van der Waals surface area contributed by atoms with Gasteiger partial charge in [-0.05, 0) is 19.1 Å². The van der Waals surface area contributed by atoms with E-state index in [1.54, 1.807) is 0 Å². The SMILES string of the molecule is CC1Nc2c(Cl)cccc2SC1CN. The first-order chi connectivity index (χ1) is 6.72. The Morgan fingerprint density at radius 3 is 3.07 bits per heavy atom. The van der Waals surface area contributed by atoms with E-state index in [-0.39, 0.29) is 0 Å². The quantitative estimate of drug-likeness (QED) is 0.776. The fourth-order valence-electron chi connectivity index (χ4n) is 1.58. The molecule has 1 aromatic carbocycles. The fraction of sp³-hybridized carbons (Fsp3) is 0.400. The van der Waals surface area contributed by atoms with E-state index in [0.717, 1.165) is 10.7 Å². The van der Waals surface area contributed by atoms with Gasteiger partial charge in [0.05, 0.1) is 10.7 Å². The van der Waals surface area contributed by atoms with Gasteiger partial charge in [0.15, 0.2) is 0 Å². The van der Waals surface area contributed by atoms with Crippen LogP contribution in [0.15, 0.2) is 23.1 Å². The maximum Gasteiger partial charge on any atom is 0.0670 e. The lowest BCUT2D eigenvalue weighted by atomic mass is 10.2. The Balaban J connectivity index is 2.35. The van der Waals surface area contributed by atoms with E-state index in [2.05, 4.69) is 18.3 Å². The summed E-state index contributed by atoms with van der Waals surface area (Å²) in [5.74, 6) is 0. The Morgan fingerprint density at radius 2 is 2.36 bits per heavy atom. The third-order valence-corrected chi connectivity index (χ3v) is 4.23. The Morgan fingerprint density at radius 1 is 1.57 bits per heavy atom. The van der Waals surface area contributed by atoms with E-state index < -0.39 is 0 Å². The van der Waals surface area contributed by atoms with Gasteiger partial charge in [0.25, 0.3) is 0 Å². The number of para-hydroxylation sites is 1. The van der Waals surface area contributed by atoms with Crippen LogP contribution in [-0.4, -0.2) is 17.8 Å². The molecule has 0 saturated heterocycles. The molecule has 0 amide bonds. The Labute approximate surface area is 93.2 Å². The number of hydrogen-bond donors (Lipinski definition) is 2. The third kappa shape index (κ3) is 1.72. The molecule has 1 heterocycles. The number of fused-ring (bicyclic) bond motifs is 1. The average molecular weight is 229 g/mol. The summed E-state index contributed by atoms with van der Waals surface area (Å²) < 4.78 is 0. The molecule has 2 unspecified atom stereocenters. The van der Waals surface area contributed by atoms with Gasteiger partial charge in [-0.25, -0.2) is 0 Å². The lowest BCUT2D eigenvalue weighted by Gasteiger charge is -2.31. The van der Waals surface area contributed by atoms with Gasteiger partial charge in [-0.1, -0.05) is 17.7 Å². The summed E-state index contributed by atoms with van der Waals surface area (Å²) in [6.45, 7) is 2.82. The van der Waals surface area contributed by atoms with Crippen molar-refractivity contribution in [2.75, 3.05) is 11.9 Å². The maximum atomic E-state index is 6.09. The first-order valence-electron chi connectivity index (χ1n) is 4.64. The molecule has 0 bridgehead atoms. The smallest absolute Gasteiger partial charge is 0.0670 e. The first-order valence-corrected chi connectivity index (χ1v) is 5.90. The van der Waals surface area contributed by atoms with Crippen LogP contribution in [0.1, 0.15) is 6.92 Å². The zero-order valence-electron chi connectivity index (χ0n) is 7.96. The van der Waals surface area contributed by atoms with Crippen molar-refractivity contribution in [3.63, 3.8) is 0 Å². The molecule has 4 heteroatoms. The van der Waals surface area contributed by atoms with E-state index >= 15 is 0 Å². The van der Waals surface area contributed by atoms with Crippen molar-refractivity contribution in [1.82, 2.24) is 0 Å². The van der Waals surface area contributed by atoms with E-state index in [1.165, 1.54) is 4.90 Å². The van der Waals surface area contributed by atoms with E-state index in [9.17, 15) is 0 Å².